The summed E-state index contributed by atoms with van der Waals surface area (Å²) in [7, 11) is 0. The van der Waals surface area contributed by atoms with Gasteiger partial charge in [0.2, 0.25) is 0 Å². The molecule has 2 amide bonds. The Morgan fingerprint density at radius 1 is 0.653 bits per heavy atom. The van der Waals surface area contributed by atoms with E-state index in [2.05, 4.69) is 4.98 Å². The fourth-order valence-electron chi connectivity index (χ4n) is 7.54. The van der Waals surface area contributed by atoms with E-state index in [4.69, 9.17) is 63.0 Å². The number of ketones is 1. The number of benzene rings is 1. The number of aromatic nitrogens is 1. The Kier molecular flexibility index (Phi) is 30.8. The number of hydrogen-bond acceptors (Lipinski definition) is 17. The van der Waals surface area contributed by atoms with Gasteiger partial charge >= 0.3 is 5.97 Å². The van der Waals surface area contributed by atoms with E-state index >= 15 is 0 Å². The first-order valence-corrected chi connectivity index (χ1v) is 25.3. The lowest BCUT2D eigenvalue weighted by Crippen LogP contribution is -2.40. The third-order valence-electron chi connectivity index (χ3n) is 11.1. The molecule has 0 spiro atoms. The highest BCUT2D eigenvalue weighted by Gasteiger charge is 2.34. The SMILES string of the molecule is CCCN(OCC)C(=O)C1=Cc2ccc(-c3ccc(C(=O)N4CCCC4C(=O)CCCOCCOCCOCCOCCOCCOCCOCCOCCOCCOCCC(=O)O)nc3)cc2C=C(N)C1. The number of ether oxygens (including phenoxy) is 10. The Labute approximate surface area is 424 Å². The monoisotopic (exact) mass is 1010 g/mol. The largest absolute Gasteiger partial charge is 0.481 e. The van der Waals surface area contributed by atoms with Crippen LogP contribution in [0, 0.1) is 0 Å². The molecule has 20 heteroatoms. The number of nitrogens with zero attached hydrogens (tertiary/aromatic N) is 3. The molecule has 1 aliphatic carbocycles. The first kappa shape index (κ1) is 59.8. The minimum Gasteiger partial charge on any atom is -0.481 e. The number of carbonyl (C=O) groups excluding carboxylic acids is 3. The summed E-state index contributed by atoms with van der Waals surface area (Å²) in [5.74, 6) is -1.31. The molecule has 0 saturated carbocycles. The number of likely N-dealkylation sites (tertiary alicyclic amines) is 1. The zero-order valence-electron chi connectivity index (χ0n) is 42.4. The maximum absolute atomic E-state index is 13.6. The normalized spacial score (nSPS) is 14.5. The number of Topliss-reactive ketones (excluding diaryl/α,β-unsaturated/α-hetero) is 1. The van der Waals surface area contributed by atoms with Crippen LogP contribution in [0.5, 0.6) is 0 Å². The summed E-state index contributed by atoms with van der Waals surface area (Å²) in [4.78, 5) is 62.3. The van der Waals surface area contributed by atoms with Crippen LogP contribution in [0.25, 0.3) is 23.3 Å². The molecule has 72 heavy (non-hydrogen) atoms. The molecule has 4 rings (SSSR count). The van der Waals surface area contributed by atoms with Crippen molar-refractivity contribution in [3.8, 4) is 11.1 Å². The van der Waals surface area contributed by atoms with E-state index in [0.29, 0.717) is 182 Å². The van der Waals surface area contributed by atoms with Crippen LogP contribution < -0.4 is 5.73 Å². The highest BCUT2D eigenvalue weighted by atomic mass is 16.7. The average molecular weight is 1020 g/mol. The van der Waals surface area contributed by atoms with Gasteiger partial charge in [-0.2, -0.15) is 0 Å². The number of allylic oxidation sites excluding steroid dienone is 1. The standard InChI is InChI=1S/C52H78N4O16/c1-3-14-56(72-4-2)51(60)45-37-42-10-9-41(36-44(42)38-46(53)39-45)43-11-12-47(54-40-43)52(61)55-15-5-7-48(55)49(57)8-6-16-62-18-20-64-22-24-66-26-28-68-30-32-70-34-35-71-33-31-69-29-27-67-25-23-65-21-19-63-17-13-50(58)59/h9-12,36-38,40,48H,3-8,13-35,39,53H2,1-2H3,(H,58,59). The zero-order valence-corrected chi connectivity index (χ0v) is 42.4. The van der Waals surface area contributed by atoms with Crippen LogP contribution in [0.15, 0.2) is 47.8 Å². The summed E-state index contributed by atoms with van der Waals surface area (Å²) in [6.07, 6.45) is 8.74. The minimum absolute atomic E-state index is 0.0147. The second-order valence-electron chi connectivity index (χ2n) is 16.7. The molecule has 1 saturated heterocycles. The van der Waals surface area contributed by atoms with Crippen LogP contribution in [0.3, 0.4) is 0 Å². The van der Waals surface area contributed by atoms with Crippen LogP contribution >= 0.6 is 0 Å². The minimum atomic E-state index is -0.884. The van der Waals surface area contributed by atoms with Gasteiger partial charge in [-0.3, -0.25) is 29.0 Å². The molecule has 2 heterocycles. The van der Waals surface area contributed by atoms with Crippen molar-refractivity contribution in [3.05, 3.63) is 64.6 Å². The van der Waals surface area contributed by atoms with Crippen molar-refractivity contribution in [1.29, 1.82) is 0 Å². The van der Waals surface area contributed by atoms with Gasteiger partial charge in [-0.05, 0) is 73.6 Å². The molecule has 20 nitrogen and oxygen atoms in total. The molecular weight excluding hydrogens is 937 g/mol. The van der Waals surface area contributed by atoms with Gasteiger partial charge in [0.25, 0.3) is 11.8 Å². The summed E-state index contributed by atoms with van der Waals surface area (Å²) in [6.45, 7) is 13.7. The van der Waals surface area contributed by atoms with Crippen molar-refractivity contribution in [2.75, 3.05) is 152 Å². The van der Waals surface area contributed by atoms with Gasteiger partial charge in [-0.1, -0.05) is 25.1 Å². The Morgan fingerprint density at radius 3 is 1.65 bits per heavy atom. The number of aliphatic carboxylic acids is 1. The fraction of sp³-hybridized carbons (Fsp3) is 0.635. The topological polar surface area (TPSA) is 235 Å². The first-order valence-electron chi connectivity index (χ1n) is 25.3. The third kappa shape index (κ3) is 23.9. The predicted molar refractivity (Wildman–Crippen MR) is 267 cm³/mol. The van der Waals surface area contributed by atoms with E-state index in [0.717, 1.165) is 35.1 Å². The lowest BCUT2D eigenvalue weighted by molar-refractivity contribution is -0.180. The number of carboxylic acids is 1. The van der Waals surface area contributed by atoms with Crippen molar-refractivity contribution in [3.63, 3.8) is 0 Å². The predicted octanol–water partition coefficient (Wildman–Crippen LogP) is 4.62. The lowest BCUT2D eigenvalue weighted by Gasteiger charge is -2.23. The highest BCUT2D eigenvalue weighted by Crippen LogP contribution is 2.30. The van der Waals surface area contributed by atoms with Gasteiger partial charge in [0, 0.05) is 55.6 Å². The smallest absolute Gasteiger partial charge is 0.305 e. The Bertz CT molecular complexity index is 1930. The quantitative estimate of drug-likeness (QED) is 0.0682. The molecule has 1 fully saturated rings. The summed E-state index contributed by atoms with van der Waals surface area (Å²) >= 11 is 0. The molecule has 0 bridgehead atoms. The molecular formula is C52H78N4O16. The van der Waals surface area contributed by atoms with E-state index in [9.17, 15) is 19.2 Å². The summed E-state index contributed by atoms with van der Waals surface area (Å²) in [5, 5.41) is 9.93. The maximum Gasteiger partial charge on any atom is 0.305 e. The molecule has 402 valence electrons. The van der Waals surface area contributed by atoms with Crippen molar-refractivity contribution in [1.82, 2.24) is 14.9 Å². The van der Waals surface area contributed by atoms with Crippen molar-refractivity contribution >= 4 is 35.7 Å². The Hall–Kier alpha value is -4.71. The second kappa shape index (κ2) is 37.1. The lowest BCUT2D eigenvalue weighted by atomic mass is 9.99. The molecule has 1 unspecified atom stereocenters. The second-order valence-corrected chi connectivity index (χ2v) is 16.7. The summed E-state index contributed by atoms with van der Waals surface area (Å²) < 4.78 is 54.6. The van der Waals surface area contributed by atoms with Gasteiger partial charge < -0.3 is 63.1 Å². The number of amides is 2. The number of carboxylic acid groups (broad SMARTS) is 1. The third-order valence-corrected chi connectivity index (χ3v) is 11.1. The van der Waals surface area contributed by atoms with Gasteiger partial charge in [-0.15, -0.1) is 0 Å². The molecule has 1 aliphatic heterocycles. The molecule has 2 aliphatic rings. The molecule has 1 aromatic carbocycles. The van der Waals surface area contributed by atoms with E-state index in [1.165, 1.54) is 5.06 Å². The van der Waals surface area contributed by atoms with Crippen LogP contribution in [-0.2, 0) is 66.6 Å². The summed E-state index contributed by atoms with van der Waals surface area (Å²) in [6, 6.07) is 8.99. The van der Waals surface area contributed by atoms with Crippen LogP contribution in [-0.4, -0.2) is 201 Å². The van der Waals surface area contributed by atoms with Gasteiger partial charge in [-0.25, -0.2) is 5.06 Å². The van der Waals surface area contributed by atoms with Crippen molar-refractivity contribution in [2.24, 2.45) is 5.73 Å². The number of fused-ring (bicyclic) bond motifs is 1. The highest BCUT2D eigenvalue weighted by molar-refractivity contribution is 5.99. The first-order chi connectivity index (χ1) is 35.2. The summed E-state index contributed by atoms with van der Waals surface area (Å²) in [5.41, 5.74) is 11.2. The Balaban J connectivity index is 0.950. The molecule has 1 atom stereocenters. The van der Waals surface area contributed by atoms with Gasteiger partial charge in [0.05, 0.1) is 145 Å². The molecule has 3 N–H and O–H groups in total. The van der Waals surface area contributed by atoms with Crippen LogP contribution in [0.4, 0.5) is 0 Å². The van der Waals surface area contributed by atoms with E-state index in [-0.39, 0.29) is 36.3 Å². The molecule has 1 aromatic heterocycles. The van der Waals surface area contributed by atoms with Crippen molar-refractivity contribution < 1.29 is 76.5 Å². The number of hydroxylamine groups is 2. The van der Waals surface area contributed by atoms with E-state index in [1.807, 2.05) is 50.3 Å². The van der Waals surface area contributed by atoms with Gasteiger partial charge in [0.15, 0.2) is 5.78 Å². The van der Waals surface area contributed by atoms with Crippen LogP contribution in [0.2, 0.25) is 0 Å². The van der Waals surface area contributed by atoms with Crippen molar-refractivity contribution in [2.45, 2.75) is 64.8 Å². The maximum atomic E-state index is 13.6. The van der Waals surface area contributed by atoms with Crippen LogP contribution in [0.1, 0.15) is 80.4 Å². The number of pyridine rings is 1. The van der Waals surface area contributed by atoms with E-state index in [1.54, 1.807) is 17.2 Å². The average Bonchev–Trinajstić information content (AvgIpc) is 3.81. The number of nitrogens with two attached hydrogens (primary N) is 1. The van der Waals surface area contributed by atoms with E-state index < -0.39 is 12.0 Å². The Morgan fingerprint density at radius 2 is 1.17 bits per heavy atom. The zero-order chi connectivity index (χ0) is 51.4. The molecule has 2 aromatic rings. The fourth-order valence-corrected chi connectivity index (χ4v) is 7.54. The number of carbonyl (C=O) groups is 4. The number of hydrogen-bond donors (Lipinski definition) is 2. The number of rotatable bonds is 42. The van der Waals surface area contributed by atoms with Gasteiger partial charge in [0.1, 0.15) is 5.69 Å². The molecule has 0 radical (unpaired) electrons.